The summed E-state index contributed by atoms with van der Waals surface area (Å²) >= 11 is 0. The number of carbonyl (C=O) groups excluding carboxylic acids is 1. The molecular weight excluding hydrogens is 465 g/mol. The number of aliphatic carboxylic acids is 2. The number of hydrogen-bond acceptors (Lipinski definition) is 7. The maximum absolute atomic E-state index is 12.0. The lowest BCUT2D eigenvalue weighted by Crippen LogP contribution is -2.27. The quantitative estimate of drug-likeness (QED) is 0.197. The van der Waals surface area contributed by atoms with E-state index < -0.39 is 23.0 Å². The highest BCUT2D eigenvalue weighted by Gasteiger charge is 2.44. The molecule has 0 aromatic heterocycles. The number of amides is 1. The highest BCUT2D eigenvalue weighted by atomic mass is 33.1. The lowest BCUT2D eigenvalue weighted by atomic mass is 10.1. The van der Waals surface area contributed by atoms with Crippen LogP contribution in [0.15, 0.2) is 24.3 Å². The molecule has 0 radical (unpaired) electrons. The van der Waals surface area contributed by atoms with Gasteiger partial charge in [-0.1, -0.05) is 33.7 Å². The minimum atomic E-state index is -5.08. The Morgan fingerprint density at radius 3 is 2.35 bits per heavy atom. The largest absolute Gasteiger partial charge is 0.490 e. The summed E-state index contributed by atoms with van der Waals surface area (Å²) in [6.45, 7) is 0.529. The van der Waals surface area contributed by atoms with E-state index in [1.807, 2.05) is 6.07 Å². The molecule has 1 aliphatic carbocycles. The molecule has 3 N–H and O–H groups in total. The van der Waals surface area contributed by atoms with Gasteiger partial charge in [0, 0.05) is 36.1 Å². The van der Waals surface area contributed by atoms with E-state index in [1.54, 1.807) is 6.07 Å². The topological polar surface area (TPSA) is 147 Å². The summed E-state index contributed by atoms with van der Waals surface area (Å²) in [6, 6.07) is 6.44. The highest BCUT2D eigenvalue weighted by molar-refractivity contribution is 8.76. The zero-order valence-electron chi connectivity index (χ0n) is 15.8. The molecule has 1 fully saturated rings. The number of carboxylic acids is 2. The van der Waals surface area contributed by atoms with E-state index in [2.05, 4.69) is 5.32 Å². The average Bonchev–Trinajstić information content (AvgIpc) is 3.47. The Morgan fingerprint density at radius 2 is 1.81 bits per heavy atom. The second kappa shape index (κ2) is 12.4. The molecule has 9 nitrogen and oxygen atoms in total. The fourth-order valence-electron chi connectivity index (χ4n) is 2.32. The van der Waals surface area contributed by atoms with Crippen LogP contribution in [0.3, 0.4) is 0 Å². The number of nitrogens with one attached hydrogen (secondary N) is 1. The van der Waals surface area contributed by atoms with E-state index in [1.165, 1.54) is 33.7 Å². The molecule has 0 bridgehead atoms. The fraction of sp³-hybridized carbons (Fsp3) is 0.471. The van der Waals surface area contributed by atoms with E-state index >= 15 is 0 Å². The van der Waals surface area contributed by atoms with Crippen LogP contribution in [0.2, 0.25) is 0 Å². The molecule has 2 unspecified atom stereocenters. The number of carbonyl (C=O) groups is 3. The number of rotatable bonds is 10. The standard InChI is InChI=1S/C15H18N2O5S2.C2HF3O2/c18-14(19)4-6-23-24-7-5-16-15(20)13-9-12(13)10-2-1-3-11(8-10)17(21)22;3-2(4,5)1(6)7/h1-3,8,12-13H,4-7,9H2,(H,16,20)(H,18,19);(H,6,7). The normalized spacial score (nSPS) is 17.1. The molecule has 1 aromatic rings. The predicted molar refractivity (Wildman–Crippen MR) is 108 cm³/mol. The van der Waals surface area contributed by atoms with E-state index in [9.17, 15) is 32.9 Å². The van der Waals surface area contributed by atoms with Crippen molar-refractivity contribution in [3.63, 3.8) is 0 Å². The van der Waals surface area contributed by atoms with Crippen LogP contribution in [-0.2, 0) is 14.4 Å². The average molecular weight is 484 g/mol. The van der Waals surface area contributed by atoms with Gasteiger partial charge in [-0.2, -0.15) is 13.2 Å². The lowest BCUT2D eigenvalue weighted by molar-refractivity contribution is -0.384. The van der Waals surface area contributed by atoms with Gasteiger partial charge in [-0.05, 0) is 17.9 Å². The third-order valence-electron chi connectivity index (χ3n) is 3.85. The fourth-order valence-corrected chi connectivity index (χ4v) is 4.20. The van der Waals surface area contributed by atoms with Crippen molar-refractivity contribution in [3.05, 3.63) is 39.9 Å². The molecule has 2 atom stereocenters. The smallest absolute Gasteiger partial charge is 0.481 e. The lowest BCUT2D eigenvalue weighted by Gasteiger charge is -2.05. The van der Waals surface area contributed by atoms with E-state index in [-0.39, 0.29) is 29.9 Å². The molecule has 172 valence electrons. The first-order valence-corrected chi connectivity index (χ1v) is 11.2. The number of benzene rings is 1. The Morgan fingerprint density at radius 1 is 1.19 bits per heavy atom. The number of nitro groups is 1. The Labute approximate surface area is 182 Å². The molecule has 1 saturated carbocycles. The number of halogens is 3. The van der Waals surface area contributed by atoms with Crippen LogP contribution >= 0.6 is 21.6 Å². The predicted octanol–water partition coefficient (Wildman–Crippen LogP) is 3.30. The van der Waals surface area contributed by atoms with Crippen LogP contribution in [0.25, 0.3) is 0 Å². The van der Waals surface area contributed by atoms with Gasteiger partial charge in [-0.3, -0.25) is 19.7 Å². The summed E-state index contributed by atoms with van der Waals surface area (Å²) in [5.41, 5.74) is 0.885. The zero-order valence-corrected chi connectivity index (χ0v) is 17.5. The molecule has 2 rings (SSSR count). The van der Waals surface area contributed by atoms with Crippen molar-refractivity contribution < 1.29 is 42.7 Å². The molecule has 1 aliphatic rings. The van der Waals surface area contributed by atoms with Crippen molar-refractivity contribution in [2.45, 2.75) is 24.9 Å². The van der Waals surface area contributed by atoms with Gasteiger partial charge >= 0.3 is 18.1 Å². The molecule has 14 heteroatoms. The zero-order chi connectivity index (χ0) is 23.6. The number of hydrogen-bond donors (Lipinski definition) is 3. The van der Waals surface area contributed by atoms with Gasteiger partial charge in [0.1, 0.15) is 0 Å². The molecule has 0 heterocycles. The maximum atomic E-state index is 12.0. The SMILES string of the molecule is O=C(O)C(F)(F)F.O=C(O)CCSSCCNC(=O)C1CC1c1cccc([N+](=O)[O-])c1. The molecule has 0 spiro atoms. The van der Waals surface area contributed by atoms with Crippen LogP contribution < -0.4 is 5.32 Å². The van der Waals surface area contributed by atoms with Gasteiger partial charge in [0.05, 0.1) is 11.3 Å². The third-order valence-corrected chi connectivity index (χ3v) is 6.25. The van der Waals surface area contributed by atoms with Gasteiger partial charge in [-0.25, -0.2) is 4.79 Å². The first kappa shape index (κ1) is 26.6. The van der Waals surface area contributed by atoms with Crippen LogP contribution in [-0.4, -0.2) is 57.2 Å². The highest BCUT2D eigenvalue weighted by Crippen LogP contribution is 2.48. The third kappa shape index (κ3) is 10.4. The summed E-state index contributed by atoms with van der Waals surface area (Å²) < 4.78 is 31.7. The number of carboxylic acid groups (broad SMARTS) is 2. The minimum Gasteiger partial charge on any atom is -0.481 e. The number of alkyl halides is 3. The minimum absolute atomic E-state index is 0.0253. The van der Waals surface area contributed by atoms with E-state index in [0.717, 1.165) is 5.56 Å². The van der Waals surface area contributed by atoms with Gasteiger partial charge in [-0.15, -0.1) is 0 Å². The first-order chi connectivity index (χ1) is 14.4. The van der Waals surface area contributed by atoms with Crippen LogP contribution in [0.4, 0.5) is 18.9 Å². The number of nitrogens with zero attached hydrogens (tertiary/aromatic N) is 1. The number of nitro benzene ring substituents is 1. The van der Waals surface area contributed by atoms with Crippen LogP contribution in [0.5, 0.6) is 0 Å². The molecule has 0 aliphatic heterocycles. The van der Waals surface area contributed by atoms with E-state index in [4.69, 9.17) is 15.0 Å². The molecule has 31 heavy (non-hydrogen) atoms. The summed E-state index contributed by atoms with van der Waals surface area (Å²) in [6.07, 6.45) is -4.23. The van der Waals surface area contributed by atoms with Gasteiger partial charge < -0.3 is 15.5 Å². The Bertz CT molecular complexity index is 808. The molecule has 1 aromatic carbocycles. The molecule has 0 saturated heterocycles. The Balaban J connectivity index is 0.000000592. The summed E-state index contributed by atoms with van der Waals surface area (Å²) in [7, 11) is 3.02. The monoisotopic (exact) mass is 484 g/mol. The van der Waals surface area contributed by atoms with Crippen molar-refractivity contribution in [2.24, 2.45) is 5.92 Å². The van der Waals surface area contributed by atoms with Gasteiger partial charge in [0.2, 0.25) is 5.91 Å². The Kier molecular flexibility index (Phi) is 10.6. The van der Waals surface area contributed by atoms with Crippen molar-refractivity contribution in [3.8, 4) is 0 Å². The van der Waals surface area contributed by atoms with Crippen LogP contribution in [0, 0.1) is 16.0 Å². The summed E-state index contributed by atoms with van der Waals surface area (Å²) in [4.78, 5) is 41.6. The number of non-ortho nitro benzene ring substituents is 1. The van der Waals surface area contributed by atoms with Gasteiger partial charge in [0.25, 0.3) is 5.69 Å². The van der Waals surface area contributed by atoms with Gasteiger partial charge in [0.15, 0.2) is 0 Å². The first-order valence-electron chi connectivity index (χ1n) is 8.71. The van der Waals surface area contributed by atoms with Crippen LogP contribution in [0.1, 0.15) is 24.3 Å². The summed E-state index contributed by atoms with van der Waals surface area (Å²) in [5, 5.41) is 29.3. The molecular formula is C17H19F3N2O7S2. The second-order valence-corrected chi connectivity index (χ2v) is 8.88. The van der Waals surface area contributed by atoms with Crippen molar-refractivity contribution in [1.29, 1.82) is 0 Å². The second-order valence-electron chi connectivity index (χ2n) is 6.18. The van der Waals surface area contributed by atoms with Crippen molar-refractivity contribution in [1.82, 2.24) is 5.32 Å². The van der Waals surface area contributed by atoms with Crippen molar-refractivity contribution >= 4 is 45.1 Å². The van der Waals surface area contributed by atoms with E-state index in [0.29, 0.717) is 24.5 Å². The maximum Gasteiger partial charge on any atom is 0.490 e. The Hall–Kier alpha value is -2.48. The molecule has 1 amide bonds. The summed E-state index contributed by atoms with van der Waals surface area (Å²) in [5.74, 6) is -2.39. The van der Waals surface area contributed by atoms with Crippen molar-refractivity contribution in [2.75, 3.05) is 18.1 Å².